The molecule has 14 heavy (non-hydrogen) atoms. The van der Waals surface area contributed by atoms with E-state index in [-0.39, 0.29) is 5.25 Å². The van der Waals surface area contributed by atoms with Crippen molar-refractivity contribution in [2.24, 2.45) is 5.84 Å². The van der Waals surface area contributed by atoms with Crippen molar-refractivity contribution in [3.63, 3.8) is 0 Å². The molecule has 7 heteroatoms. The second-order valence-electron chi connectivity index (χ2n) is 2.93. The average Bonchev–Trinajstić information content (AvgIpc) is 2.12. The van der Waals surface area contributed by atoms with Gasteiger partial charge in [0.25, 0.3) is 0 Å². The smallest absolute Gasteiger partial charge is 0.334 e. The molecule has 0 fully saturated rings. The molecular formula is C7H14F2N2O2S. The van der Waals surface area contributed by atoms with Crippen molar-refractivity contribution < 1.29 is 18.7 Å². The highest BCUT2D eigenvalue weighted by Crippen LogP contribution is 2.24. The van der Waals surface area contributed by atoms with Gasteiger partial charge in [0.1, 0.15) is 0 Å². The highest BCUT2D eigenvalue weighted by atomic mass is 32.2. The number of thioether (sulfide) groups is 1. The summed E-state index contributed by atoms with van der Waals surface area (Å²) in [5, 5.41) is 8.67. The lowest BCUT2D eigenvalue weighted by molar-refractivity contribution is -0.142. The first-order valence-electron chi connectivity index (χ1n) is 3.99. The Hall–Kier alpha value is -0.400. The van der Waals surface area contributed by atoms with Crippen molar-refractivity contribution in [3.8, 4) is 0 Å². The Labute approximate surface area is 85.2 Å². The molecule has 0 aromatic heterocycles. The Morgan fingerprint density at radius 2 is 2.14 bits per heavy atom. The fourth-order valence-electron chi connectivity index (χ4n) is 0.546. The van der Waals surface area contributed by atoms with E-state index in [0.717, 1.165) is 11.8 Å². The molecule has 0 heterocycles. The van der Waals surface area contributed by atoms with Crippen LogP contribution in [-0.4, -0.2) is 34.0 Å². The topological polar surface area (TPSA) is 75.3 Å². The third-order valence-corrected chi connectivity index (χ3v) is 3.12. The quantitative estimate of drug-likeness (QED) is 0.355. The molecule has 0 aromatic carbocycles. The van der Waals surface area contributed by atoms with Crippen molar-refractivity contribution in [1.82, 2.24) is 5.43 Å². The Morgan fingerprint density at radius 1 is 1.64 bits per heavy atom. The third-order valence-electron chi connectivity index (χ3n) is 1.67. The van der Waals surface area contributed by atoms with Crippen LogP contribution in [0.2, 0.25) is 0 Å². The van der Waals surface area contributed by atoms with Gasteiger partial charge in [-0.05, 0) is 6.92 Å². The number of alkyl halides is 2. The fourth-order valence-corrected chi connectivity index (χ4v) is 1.43. The van der Waals surface area contributed by atoms with E-state index >= 15 is 0 Å². The molecule has 0 saturated carbocycles. The highest BCUT2D eigenvalue weighted by Gasteiger charge is 2.38. The molecule has 0 aliphatic heterocycles. The van der Waals surface area contributed by atoms with E-state index in [0.29, 0.717) is 0 Å². The van der Waals surface area contributed by atoms with Gasteiger partial charge in [-0.2, -0.15) is 8.78 Å². The van der Waals surface area contributed by atoms with E-state index in [1.54, 1.807) is 6.92 Å². The minimum Gasteiger partial charge on any atom is -0.392 e. The van der Waals surface area contributed by atoms with Gasteiger partial charge in [0.2, 0.25) is 0 Å². The first-order valence-corrected chi connectivity index (χ1v) is 5.04. The van der Waals surface area contributed by atoms with Gasteiger partial charge in [0.05, 0.1) is 11.9 Å². The molecule has 0 aromatic rings. The molecule has 0 radical (unpaired) electrons. The number of nitrogens with one attached hydrogen (secondary N) is 1. The number of aliphatic hydroxyl groups is 1. The minimum absolute atomic E-state index is 0.355. The molecule has 0 rings (SSSR count). The summed E-state index contributed by atoms with van der Waals surface area (Å²) in [5.41, 5.74) is 1.39. The van der Waals surface area contributed by atoms with E-state index in [2.05, 4.69) is 5.84 Å². The summed E-state index contributed by atoms with van der Waals surface area (Å²) in [6.45, 7) is 3.10. The van der Waals surface area contributed by atoms with E-state index in [4.69, 9.17) is 5.11 Å². The number of carbonyl (C=O) groups is 1. The molecule has 0 bridgehead atoms. The van der Waals surface area contributed by atoms with E-state index < -0.39 is 23.7 Å². The first-order chi connectivity index (χ1) is 6.31. The molecule has 0 aliphatic rings. The van der Waals surface area contributed by atoms with Gasteiger partial charge in [-0.25, -0.2) is 5.84 Å². The lowest BCUT2D eigenvalue weighted by Gasteiger charge is -2.18. The van der Waals surface area contributed by atoms with Crippen LogP contribution in [0, 0.1) is 0 Å². The van der Waals surface area contributed by atoms with Crippen LogP contribution in [0.3, 0.4) is 0 Å². The summed E-state index contributed by atoms with van der Waals surface area (Å²) < 4.78 is 25.7. The lowest BCUT2D eigenvalue weighted by atomic mass is 10.3. The second-order valence-corrected chi connectivity index (χ2v) is 4.30. The Balaban J connectivity index is 4.05. The maximum absolute atomic E-state index is 12.8. The van der Waals surface area contributed by atoms with Gasteiger partial charge in [0, 0.05) is 5.25 Å². The predicted octanol–water partition coefficient (Wildman–Crippen LogP) is 0.114. The number of carbonyl (C=O) groups excluding carboxylic acids is 1. The van der Waals surface area contributed by atoms with Crippen LogP contribution in [0.4, 0.5) is 8.78 Å². The molecule has 0 aliphatic carbocycles. The monoisotopic (exact) mass is 228 g/mol. The number of hydrazine groups is 1. The van der Waals surface area contributed by atoms with Gasteiger partial charge < -0.3 is 5.11 Å². The van der Waals surface area contributed by atoms with Crippen LogP contribution >= 0.6 is 11.8 Å². The van der Waals surface area contributed by atoms with E-state index in [1.165, 1.54) is 12.3 Å². The lowest BCUT2D eigenvalue weighted by Crippen LogP contribution is -2.45. The van der Waals surface area contributed by atoms with Gasteiger partial charge in [-0.15, -0.1) is 11.8 Å². The molecule has 84 valence electrons. The van der Waals surface area contributed by atoms with Crippen molar-refractivity contribution in [3.05, 3.63) is 0 Å². The standard InChI is InChI=1S/C7H14F2N2O2S/c1-4(12)5(2)14-3-7(8,9)6(13)11-10/h4-5,12H,3,10H2,1-2H3,(H,11,13). The zero-order chi connectivity index (χ0) is 11.4. The molecule has 2 unspecified atom stereocenters. The Kier molecular flexibility index (Phi) is 5.32. The predicted molar refractivity (Wildman–Crippen MR) is 50.9 cm³/mol. The summed E-state index contributed by atoms with van der Waals surface area (Å²) in [4.78, 5) is 10.6. The van der Waals surface area contributed by atoms with Crippen LogP contribution in [0.1, 0.15) is 13.8 Å². The maximum Gasteiger partial charge on any atom is 0.334 e. The summed E-state index contributed by atoms with van der Waals surface area (Å²) in [5.74, 6) is -1.11. The summed E-state index contributed by atoms with van der Waals surface area (Å²) in [6.07, 6.45) is -0.697. The maximum atomic E-state index is 12.8. The zero-order valence-electron chi connectivity index (χ0n) is 7.96. The highest BCUT2D eigenvalue weighted by molar-refractivity contribution is 8.00. The van der Waals surface area contributed by atoms with Gasteiger partial charge in [0.15, 0.2) is 0 Å². The number of halogens is 2. The Morgan fingerprint density at radius 3 is 2.50 bits per heavy atom. The van der Waals surface area contributed by atoms with Crippen molar-refractivity contribution in [2.75, 3.05) is 5.75 Å². The third kappa shape index (κ3) is 4.21. The van der Waals surface area contributed by atoms with Crippen LogP contribution in [0.15, 0.2) is 0 Å². The fraction of sp³-hybridized carbons (Fsp3) is 0.857. The second kappa shape index (κ2) is 5.47. The molecule has 4 N–H and O–H groups in total. The summed E-state index contributed by atoms with van der Waals surface area (Å²) in [7, 11) is 0. The number of amides is 1. The first kappa shape index (κ1) is 13.6. The van der Waals surface area contributed by atoms with Gasteiger partial charge in [-0.3, -0.25) is 10.2 Å². The summed E-state index contributed by atoms with van der Waals surface area (Å²) >= 11 is 0.819. The van der Waals surface area contributed by atoms with Crippen molar-refractivity contribution in [2.45, 2.75) is 31.1 Å². The van der Waals surface area contributed by atoms with Crippen molar-refractivity contribution >= 4 is 17.7 Å². The average molecular weight is 228 g/mol. The minimum atomic E-state index is -3.50. The zero-order valence-corrected chi connectivity index (χ0v) is 8.78. The Bertz CT molecular complexity index is 202. The number of rotatable bonds is 5. The normalized spacial score (nSPS) is 16.1. The van der Waals surface area contributed by atoms with Crippen LogP contribution in [0.25, 0.3) is 0 Å². The van der Waals surface area contributed by atoms with E-state index in [1.807, 2.05) is 0 Å². The largest absolute Gasteiger partial charge is 0.392 e. The molecule has 0 saturated heterocycles. The number of aliphatic hydroxyl groups excluding tert-OH is 1. The van der Waals surface area contributed by atoms with Crippen LogP contribution in [0.5, 0.6) is 0 Å². The van der Waals surface area contributed by atoms with Crippen molar-refractivity contribution in [1.29, 1.82) is 0 Å². The van der Waals surface area contributed by atoms with Crippen LogP contribution in [-0.2, 0) is 4.79 Å². The molecular weight excluding hydrogens is 214 g/mol. The molecule has 4 nitrogen and oxygen atoms in total. The number of hydrogen-bond donors (Lipinski definition) is 3. The molecule has 1 amide bonds. The van der Waals surface area contributed by atoms with Crippen LogP contribution < -0.4 is 11.3 Å². The number of hydrogen-bond acceptors (Lipinski definition) is 4. The SMILES string of the molecule is CC(O)C(C)SCC(F)(F)C(=O)NN. The number of nitrogens with two attached hydrogens (primary N) is 1. The van der Waals surface area contributed by atoms with E-state index in [9.17, 15) is 13.6 Å². The molecule has 0 spiro atoms. The van der Waals surface area contributed by atoms with Gasteiger partial charge >= 0.3 is 11.8 Å². The molecule has 2 atom stereocenters. The van der Waals surface area contributed by atoms with Gasteiger partial charge in [-0.1, -0.05) is 6.92 Å². The summed E-state index contributed by atoms with van der Waals surface area (Å²) in [6, 6.07) is 0.